The number of rotatable bonds is 1. The van der Waals surface area contributed by atoms with Crippen molar-refractivity contribution in [1.82, 2.24) is 9.97 Å². The van der Waals surface area contributed by atoms with E-state index in [-0.39, 0.29) is 5.43 Å². The second-order valence-corrected chi connectivity index (χ2v) is 5.05. The van der Waals surface area contributed by atoms with E-state index in [2.05, 4.69) is 31.2 Å². The summed E-state index contributed by atoms with van der Waals surface area (Å²) >= 11 is 3.27. The Morgan fingerprint density at radius 1 is 1.32 bits per heavy atom. The van der Waals surface area contributed by atoms with E-state index >= 15 is 0 Å². The predicted molar refractivity (Wildman–Crippen MR) is 77.1 cm³/mol. The summed E-state index contributed by atoms with van der Waals surface area (Å²) < 4.78 is 14.2. The molecule has 96 valence electrons. The van der Waals surface area contributed by atoms with Crippen LogP contribution in [0.1, 0.15) is 0 Å². The first-order chi connectivity index (χ1) is 9.10. The van der Waals surface area contributed by atoms with Crippen LogP contribution in [0.2, 0.25) is 0 Å². The highest BCUT2D eigenvalue weighted by Crippen LogP contribution is 2.23. The van der Waals surface area contributed by atoms with E-state index in [9.17, 15) is 9.18 Å². The normalized spacial score (nSPS) is 11.1. The lowest BCUT2D eigenvalue weighted by Crippen LogP contribution is -2.07. The molecule has 0 saturated carbocycles. The summed E-state index contributed by atoms with van der Waals surface area (Å²) in [5.74, 6) is -0.454. The van der Waals surface area contributed by atoms with E-state index in [1.165, 1.54) is 12.1 Å². The zero-order valence-electron chi connectivity index (χ0n) is 9.92. The van der Waals surface area contributed by atoms with Gasteiger partial charge >= 0.3 is 0 Å². The van der Waals surface area contributed by atoms with Crippen molar-refractivity contribution in [3.8, 4) is 0 Å². The average Bonchev–Trinajstić information content (AvgIpc) is 2.40. The van der Waals surface area contributed by atoms with Crippen molar-refractivity contribution in [2.75, 3.05) is 12.4 Å². The SMILES string of the molecule is CNc1cc(F)cc2c(=O)c3cc(Br)cnc3[nH]c12. The number of benzene rings is 1. The summed E-state index contributed by atoms with van der Waals surface area (Å²) in [6.45, 7) is 0. The highest BCUT2D eigenvalue weighted by atomic mass is 79.9. The maximum atomic E-state index is 13.5. The van der Waals surface area contributed by atoms with Crippen LogP contribution in [-0.2, 0) is 0 Å². The molecule has 0 bridgehead atoms. The highest BCUT2D eigenvalue weighted by Gasteiger charge is 2.11. The number of fused-ring (bicyclic) bond motifs is 2. The van der Waals surface area contributed by atoms with Gasteiger partial charge in [0.2, 0.25) is 0 Å². The molecule has 4 nitrogen and oxygen atoms in total. The Balaban J connectivity index is 2.57. The predicted octanol–water partition coefficient (Wildman–Crippen LogP) is 3.02. The van der Waals surface area contributed by atoms with Crippen LogP contribution in [-0.4, -0.2) is 17.0 Å². The molecular weight excluding hydrogens is 313 g/mol. The van der Waals surface area contributed by atoms with Crippen LogP contribution >= 0.6 is 15.9 Å². The lowest BCUT2D eigenvalue weighted by atomic mass is 10.1. The van der Waals surface area contributed by atoms with Gasteiger partial charge in [0.25, 0.3) is 0 Å². The molecule has 0 spiro atoms. The number of nitrogens with zero attached hydrogens (tertiary/aromatic N) is 1. The Bertz CT molecular complexity index is 860. The minimum absolute atomic E-state index is 0.242. The average molecular weight is 322 g/mol. The van der Waals surface area contributed by atoms with Gasteiger partial charge in [-0.1, -0.05) is 0 Å². The maximum absolute atomic E-state index is 13.5. The van der Waals surface area contributed by atoms with E-state index in [0.29, 0.717) is 32.1 Å². The minimum atomic E-state index is -0.454. The fraction of sp³-hybridized carbons (Fsp3) is 0.0769. The topological polar surface area (TPSA) is 57.8 Å². The Morgan fingerprint density at radius 2 is 2.11 bits per heavy atom. The number of aromatic amines is 1. The van der Waals surface area contributed by atoms with Crippen LogP contribution in [0.3, 0.4) is 0 Å². The number of anilines is 1. The van der Waals surface area contributed by atoms with Gasteiger partial charge in [0, 0.05) is 17.7 Å². The largest absolute Gasteiger partial charge is 0.386 e. The summed E-state index contributed by atoms with van der Waals surface area (Å²) in [6, 6.07) is 4.24. The van der Waals surface area contributed by atoms with Gasteiger partial charge in [0.15, 0.2) is 5.43 Å². The number of H-pyrrole nitrogens is 1. The monoisotopic (exact) mass is 321 g/mol. The molecule has 0 aliphatic carbocycles. The summed E-state index contributed by atoms with van der Waals surface area (Å²) in [5, 5.41) is 3.59. The zero-order valence-corrected chi connectivity index (χ0v) is 11.5. The fourth-order valence-electron chi connectivity index (χ4n) is 2.09. The third-order valence-electron chi connectivity index (χ3n) is 2.96. The van der Waals surface area contributed by atoms with Crippen molar-refractivity contribution >= 4 is 43.6 Å². The quantitative estimate of drug-likeness (QED) is 0.677. The van der Waals surface area contributed by atoms with Gasteiger partial charge < -0.3 is 10.3 Å². The lowest BCUT2D eigenvalue weighted by molar-refractivity contribution is 0.630. The van der Waals surface area contributed by atoms with Gasteiger partial charge in [0.1, 0.15) is 11.5 Å². The van der Waals surface area contributed by atoms with Crippen LogP contribution in [0.15, 0.2) is 33.7 Å². The highest BCUT2D eigenvalue weighted by molar-refractivity contribution is 9.10. The van der Waals surface area contributed by atoms with Gasteiger partial charge in [0.05, 0.1) is 22.0 Å². The zero-order chi connectivity index (χ0) is 13.6. The van der Waals surface area contributed by atoms with Gasteiger partial charge in [-0.2, -0.15) is 0 Å². The molecule has 0 amide bonds. The van der Waals surface area contributed by atoms with Gasteiger partial charge in [-0.3, -0.25) is 4.79 Å². The molecule has 2 N–H and O–H groups in total. The summed E-state index contributed by atoms with van der Waals surface area (Å²) in [4.78, 5) is 19.6. The molecule has 19 heavy (non-hydrogen) atoms. The Kier molecular flexibility index (Phi) is 2.74. The molecule has 0 fully saturated rings. The number of hydrogen-bond donors (Lipinski definition) is 2. The third-order valence-corrected chi connectivity index (χ3v) is 3.39. The van der Waals surface area contributed by atoms with Crippen LogP contribution in [0.4, 0.5) is 10.1 Å². The number of hydrogen-bond acceptors (Lipinski definition) is 3. The fourth-order valence-corrected chi connectivity index (χ4v) is 2.42. The molecule has 0 aliphatic rings. The molecule has 2 heterocycles. The first-order valence-corrected chi connectivity index (χ1v) is 6.38. The van der Waals surface area contributed by atoms with Crippen LogP contribution < -0.4 is 10.7 Å². The second-order valence-electron chi connectivity index (χ2n) is 4.13. The van der Waals surface area contributed by atoms with Crippen LogP contribution in [0, 0.1) is 5.82 Å². The summed E-state index contributed by atoms with van der Waals surface area (Å²) in [7, 11) is 1.67. The maximum Gasteiger partial charge on any atom is 0.199 e. The minimum Gasteiger partial charge on any atom is -0.386 e. The lowest BCUT2D eigenvalue weighted by Gasteiger charge is -2.08. The molecule has 0 aliphatic heterocycles. The first kappa shape index (κ1) is 12.1. The molecule has 3 aromatic rings. The number of pyridine rings is 2. The molecule has 0 saturated heterocycles. The van der Waals surface area contributed by atoms with Crippen molar-refractivity contribution in [2.24, 2.45) is 0 Å². The van der Waals surface area contributed by atoms with Crippen molar-refractivity contribution in [2.45, 2.75) is 0 Å². The van der Waals surface area contributed by atoms with E-state index < -0.39 is 5.82 Å². The van der Waals surface area contributed by atoms with Crippen LogP contribution in [0.5, 0.6) is 0 Å². The van der Waals surface area contributed by atoms with Crippen molar-refractivity contribution in [3.05, 3.63) is 44.9 Å². The Morgan fingerprint density at radius 3 is 2.84 bits per heavy atom. The molecule has 6 heteroatoms. The van der Waals surface area contributed by atoms with Crippen molar-refractivity contribution in [1.29, 1.82) is 0 Å². The van der Waals surface area contributed by atoms with Gasteiger partial charge in [-0.25, -0.2) is 9.37 Å². The van der Waals surface area contributed by atoms with Crippen molar-refractivity contribution in [3.63, 3.8) is 0 Å². The van der Waals surface area contributed by atoms with Crippen LogP contribution in [0.25, 0.3) is 21.9 Å². The number of halogens is 2. The molecule has 0 atom stereocenters. The van der Waals surface area contributed by atoms with E-state index in [1.54, 1.807) is 19.3 Å². The number of nitrogens with one attached hydrogen (secondary N) is 2. The molecule has 0 unspecified atom stereocenters. The molecule has 2 aromatic heterocycles. The van der Waals surface area contributed by atoms with E-state index in [1.807, 2.05) is 0 Å². The third kappa shape index (κ3) is 1.88. The first-order valence-electron chi connectivity index (χ1n) is 5.58. The molecule has 0 radical (unpaired) electrons. The second kappa shape index (κ2) is 4.31. The Labute approximate surface area is 115 Å². The Hall–Kier alpha value is -1.95. The summed E-state index contributed by atoms with van der Waals surface area (Å²) in [5.41, 5.74) is 1.31. The summed E-state index contributed by atoms with van der Waals surface area (Å²) in [6.07, 6.45) is 1.60. The van der Waals surface area contributed by atoms with Crippen molar-refractivity contribution < 1.29 is 4.39 Å². The molecule has 3 rings (SSSR count). The number of aromatic nitrogens is 2. The molecule has 1 aromatic carbocycles. The standard InChI is InChI=1S/C13H9BrFN3O/c1-16-10-4-7(15)3-8-11(10)18-13-9(12(8)19)2-6(14)5-17-13/h2-5,16H,1H3,(H,17,18,19). The van der Waals surface area contributed by atoms with Gasteiger partial charge in [-0.05, 0) is 34.1 Å². The molecular formula is C13H9BrFN3O. The van der Waals surface area contributed by atoms with Gasteiger partial charge in [-0.15, -0.1) is 0 Å². The van der Waals surface area contributed by atoms with E-state index in [0.717, 1.165) is 0 Å². The van der Waals surface area contributed by atoms with E-state index in [4.69, 9.17) is 0 Å². The smallest absolute Gasteiger partial charge is 0.199 e.